The maximum atomic E-state index is 11.6. The van der Waals surface area contributed by atoms with Crippen LogP contribution in [0.25, 0.3) is 0 Å². The fourth-order valence-corrected chi connectivity index (χ4v) is 1.78. The van der Waals surface area contributed by atoms with Crippen LogP contribution in [-0.2, 0) is 25.5 Å². The molecule has 0 aliphatic carbocycles. The van der Waals surface area contributed by atoms with Gasteiger partial charge in [-0.1, -0.05) is 6.07 Å². The second-order valence-electron chi connectivity index (χ2n) is 6.03. The van der Waals surface area contributed by atoms with Crippen molar-refractivity contribution in [3.05, 3.63) is 23.9 Å². The number of carbonyl (C=O) groups is 3. The summed E-state index contributed by atoms with van der Waals surface area (Å²) in [7, 11) is 0. The molecule has 1 atom stereocenters. The molecule has 24 heavy (non-hydrogen) atoms. The minimum atomic E-state index is -1.29. The molecule has 2 N–H and O–H groups in total. The van der Waals surface area contributed by atoms with E-state index < -0.39 is 29.6 Å². The van der Waals surface area contributed by atoms with Crippen LogP contribution in [0.2, 0.25) is 0 Å². The largest absolute Gasteiger partial charge is 0.481 e. The van der Waals surface area contributed by atoms with Crippen LogP contribution in [0.15, 0.2) is 18.3 Å². The number of nitrogens with zero attached hydrogens (tertiary/aromatic N) is 1. The summed E-state index contributed by atoms with van der Waals surface area (Å²) in [5, 5.41) is 11.6. The smallest absolute Gasteiger partial charge is 0.413 e. The van der Waals surface area contributed by atoms with Gasteiger partial charge in [0, 0.05) is 6.20 Å². The number of nitrogens with one attached hydrogen (secondary N) is 1. The molecule has 1 rings (SSSR count). The maximum Gasteiger partial charge on any atom is 0.413 e. The third-order valence-corrected chi connectivity index (χ3v) is 2.76. The molecule has 0 aliphatic heterocycles. The average molecular weight is 338 g/mol. The topological polar surface area (TPSA) is 115 Å². The van der Waals surface area contributed by atoms with Crippen molar-refractivity contribution in [2.45, 2.75) is 39.7 Å². The molecule has 0 radical (unpaired) electrons. The zero-order valence-corrected chi connectivity index (χ0v) is 14.2. The number of aliphatic carboxylic acids is 1. The molecule has 0 aromatic carbocycles. The molecule has 0 aliphatic rings. The minimum absolute atomic E-state index is 0.0477. The Morgan fingerprint density at radius 2 is 1.96 bits per heavy atom. The first-order chi connectivity index (χ1) is 11.1. The molecule has 0 saturated carbocycles. The van der Waals surface area contributed by atoms with Crippen molar-refractivity contribution >= 4 is 23.8 Å². The van der Waals surface area contributed by atoms with E-state index in [0.717, 1.165) is 0 Å². The number of hydrogen-bond donors (Lipinski definition) is 2. The molecule has 0 spiro atoms. The van der Waals surface area contributed by atoms with E-state index >= 15 is 0 Å². The Morgan fingerprint density at radius 3 is 2.42 bits per heavy atom. The van der Waals surface area contributed by atoms with Crippen LogP contribution < -0.4 is 5.32 Å². The predicted octanol–water partition coefficient (Wildman–Crippen LogP) is 2.23. The number of aromatic nitrogens is 1. The van der Waals surface area contributed by atoms with Crippen LogP contribution in [0.5, 0.6) is 0 Å². The zero-order chi connectivity index (χ0) is 18.3. The monoisotopic (exact) mass is 338 g/mol. The van der Waals surface area contributed by atoms with Gasteiger partial charge in [0.2, 0.25) is 0 Å². The lowest BCUT2D eigenvalue weighted by Crippen LogP contribution is -2.28. The SMILES string of the molecule is CCOC(=O)C(Cc1ccc(NC(=O)OC(C)(C)C)nc1)C(=O)O. The average Bonchev–Trinajstić information content (AvgIpc) is 2.44. The molecule has 8 heteroatoms. The zero-order valence-electron chi connectivity index (χ0n) is 14.2. The van der Waals surface area contributed by atoms with Gasteiger partial charge in [0.15, 0.2) is 5.92 Å². The van der Waals surface area contributed by atoms with E-state index in [9.17, 15) is 14.4 Å². The number of hydrogen-bond acceptors (Lipinski definition) is 6. The Balaban J connectivity index is 2.71. The van der Waals surface area contributed by atoms with Crippen molar-refractivity contribution in [3.63, 3.8) is 0 Å². The number of ether oxygens (including phenoxy) is 2. The Hall–Kier alpha value is -2.64. The van der Waals surface area contributed by atoms with E-state index in [-0.39, 0.29) is 18.8 Å². The Kier molecular flexibility index (Phi) is 6.69. The molecule has 1 aromatic rings. The molecule has 0 fully saturated rings. The van der Waals surface area contributed by atoms with Crippen LogP contribution in [0.3, 0.4) is 0 Å². The van der Waals surface area contributed by atoms with Crippen LogP contribution >= 0.6 is 0 Å². The highest BCUT2D eigenvalue weighted by molar-refractivity contribution is 5.94. The van der Waals surface area contributed by atoms with Gasteiger partial charge >= 0.3 is 18.0 Å². The normalized spacial score (nSPS) is 12.2. The van der Waals surface area contributed by atoms with Gasteiger partial charge < -0.3 is 14.6 Å². The molecule has 1 heterocycles. The van der Waals surface area contributed by atoms with Crippen molar-refractivity contribution in [3.8, 4) is 0 Å². The van der Waals surface area contributed by atoms with E-state index in [1.807, 2.05) is 0 Å². The predicted molar refractivity (Wildman–Crippen MR) is 85.6 cm³/mol. The third-order valence-electron chi connectivity index (χ3n) is 2.76. The first-order valence-electron chi connectivity index (χ1n) is 7.46. The Morgan fingerprint density at radius 1 is 1.29 bits per heavy atom. The van der Waals surface area contributed by atoms with Gasteiger partial charge in [-0.25, -0.2) is 9.78 Å². The number of anilines is 1. The lowest BCUT2D eigenvalue weighted by molar-refractivity contribution is -0.158. The highest BCUT2D eigenvalue weighted by Crippen LogP contribution is 2.14. The van der Waals surface area contributed by atoms with E-state index in [0.29, 0.717) is 5.56 Å². The molecule has 0 bridgehead atoms. The van der Waals surface area contributed by atoms with E-state index in [1.54, 1.807) is 33.8 Å². The number of carboxylic acid groups (broad SMARTS) is 1. The van der Waals surface area contributed by atoms with Crippen molar-refractivity contribution in [2.75, 3.05) is 11.9 Å². The molecule has 132 valence electrons. The van der Waals surface area contributed by atoms with Crippen molar-refractivity contribution in [1.82, 2.24) is 4.98 Å². The van der Waals surface area contributed by atoms with Crippen LogP contribution in [0.1, 0.15) is 33.3 Å². The molecule has 1 unspecified atom stereocenters. The highest BCUT2D eigenvalue weighted by Gasteiger charge is 2.28. The van der Waals surface area contributed by atoms with Gasteiger partial charge in [0.1, 0.15) is 11.4 Å². The summed E-state index contributed by atoms with van der Waals surface area (Å²) in [6.07, 6.45) is 0.702. The lowest BCUT2D eigenvalue weighted by Gasteiger charge is -2.19. The fourth-order valence-electron chi connectivity index (χ4n) is 1.78. The number of pyridine rings is 1. The van der Waals surface area contributed by atoms with Crippen LogP contribution in [0, 0.1) is 5.92 Å². The van der Waals surface area contributed by atoms with E-state index in [2.05, 4.69) is 10.3 Å². The number of carbonyl (C=O) groups excluding carboxylic acids is 2. The van der Waals surface area contributed by atoms with Gasteiger partial charge in [-0.3, -0.25) is 14.9 Å². The Bertz CT molecular complexity index is 592. The van der Waals surface area contributed by atoms with Gasteiger partial charge in [0.05, 0.1) is 6.61 Å². The molecule has 1 amide bonds. The van der Waals surface area contributed by atoms with Crippen LogP contribution in [-0.4, -0.2) is 40.3 Å². The summed E-state index contributed by atoms with van der Waals surface area (Å²) in [5.41, 5.74) is -0.0940. The third kappa shape index (κ3) is 6.64. The summed E-state index contributed by atoms with van der Waals surface area (Å²) in [6.45, 7) is 6.94. The van der Waals surface area contributed by atoms with Gasteiger partial charge in [-0.2, -0.15) is 0 Å². The minimum Gasteiger partial charge on any atom is -0.481 e. The molecular formula is C16H22N2O6. The summed E-state index contributed by atoms with van der Waals surface area (Å²) >= 11 is 0. The second-order valence-corrected chi connectivity index (χ2v) is 6.03. The van der Waals surface area contributed by atoms with Crippen molar-refractivity contribution in [2.24, 2.45) is 5.92 Å². The quantitative estimate of drug-likeness (QED) is 0.603. The lowest BCUT2D eigenvalue weighted by atomic mass is 10.0. The molecule has 1 aromatic heterocycles. The number of amides is 1. The Labute approximate surface area is 140 Å². The van der Waals surface area contributed by atoms with Gasteiger partial charge in [-0.15, -0.1) is 0 Å². The second kappa shape index (κ2) is 8.28. The van der Waals surface area contributed by atoms with E-state index in [1.165, 1.54) is 12.3 Å². The summed E-state index contributed by atoms with van der Waals surface area (Å²) in [6, 6.07) is 3.08. The van der Waals surface area contributed by atoms with Gasteiger partial charge in [-0.05, 0) is 45.7 Å². The van der Waals surface area contributed by atoms with E-state index in [4.69, 9.17) is 14.6 Å². The first kappa shape index (κ1) is 19.4. The highest BCUT2D eigenvalue weighted by atomic mass is 16.6. The van der Waals surface area contributed by atoms with Crippen LogP contribution in [0.4, 0.5) is 10.6 Å². The number of esters is 1. The standard InChI is InChI=1S/C16H22N2O6/c1-5-23-14(21)11(13(19)20)8-10-6-7-12(17-9-10)18-15(22)24-16(2,3)4/h6-7,9,11H,5,8H2,1-4H3,(H,19,20)(H,17,18,22). The summed E-state index contributed by atoms with van der Waals surface area (Å²) in [4.78, 5) is 38.4. The van der Waals surface area contributed by atoms with Crippen molar-refractivity contribution in [1.29, 1.82) is 0 Å². The summed E-state index contributed by atoms with van der Waals surface area (Å²) < 4.78 is 9.84. The molecule has 8 nitrogen and oxygen atoms in total. The van der Waals surface area contributed by atoms with Crippen molar-refractivity contribution < 1.29 is 29.0 Å². The first-order valence-corrected chi connectivity index (χ1v) is 7.46. The molecule has 0 saturated heterocycles. The maximum absolute atomic E-state index is 11.6. The van der Waals surface area contributed by atoms with Gasteiger partial charge in [0.25, 0.3) is 0 Å². The fraction of sp³-hybridized carbons (Fsp3) is 0.500. The number of carboxylic acids is 1. The summed E-state index contributed by atoms with van der Waals surface area (Å²) in [5.74, 6) is -3.09. The number of rotatable bonds is 6. The molecular weight excluding hydrogens is 316 g/mol.